The fourth-order valence-electron chi connectivity index (χ4n) is 1.78. The zero-order valence-electron chi connectivity index (χ0n) is 12.7. The Bertz CT molecular complexity index is 541. The van der Waals surface area contributed by atoms with Crippen molar-refractivity contribution < 1.29 is 8.42 Å². The lowest BCUT2D eigenvalue weighted by Crippen LogP contribution is -2.31. The number of sulfonamides is 1. The van der Waals surface area contributed by atoms with E-state index in [1.165, 1.54) is 0 Å². The molecule has 0 aliphatic heterocycles. The highest BCUT2D eigenvalue weighted by Gasteiger charge is 2.16. The highest BCUT2D eigenvalue weighted by Crippen LogP contribution is 2.19. The van der Waals surface area contributed by atoms with Crippen molar-refractivity contribution in [2.24, 2.45) is 0 Å². The molecule has 0 saturated carbocycles. The Morgan fingerprint density at radius 3 is 2.55 bits per heavy atom. The molecule has 0 fully saturated rings. The van der Waals surface area contributed by atoms with Crippen molar-refractivity contribution in [3.05, 3.63) is 23.8 Å². The van der Waals surface area contributed by atoms with Crippen molar-refractivity contribution in [3.63, 3.8) is 0 Å². The quantitative estimate of drug-likeness (QED) is 0.592. The summed E-state index contributed by atoms with van der Waals surface area (Å²) in [5.74, 6) is 0. The molecule has 3 N–H and O–H groups in total. The van der Waals surface area contributed by atoms with E-state index in [1.807, 2.05) is 14.0 Å². The number of hydrogen-bond acceptors (Lipinski definition) is 4. The molecular weight excluding hydrogens is 274 g/mol. The van der Waals surface area contributed by atoms with Crippen LogP contribution < -0.4 is 10.5 Å². The second-order valence-electron chi connectivity index (χ2n) is 5.37. The first-order valence-electron chi connectivity index (χ1n) is 6.80. The van der Waals surface area contributed by atoms with E-state index in [9.17, 15) is 8.42 Å². The number of hydrogen-bond donors (Lipinski definition) is 2. The Hall–Kier alpha value is -1.11. The molecule has 0 amide bonds. The van der Waals surface area contributed by atoms with Crippen LogP contribution in [0.2, 0.25) is 0 Å². The Morgan fingerprint density at radius 2 is 2.00 bits per heavy atom. The number of nitrogens with zero attached hydrogens (tertiary/aromatic N) is 1. The van der Waals surface area contributed by atoms with Gasteiger partial charge in [-0.1, -0.05) is 6.07 Å². The number of nitrogens with one attached hydrogen (secondary N) is 1. The third kappa shape index (κ3) is 4.77. The van der Waals surface area contributed by atoms with Crippen LogP contribution in [-0.4, -0.2) is 39.5 Å². The molecule has 114 valence electrons. The summed E-state index contributed by atoms with van der Waals surface area (Å²) in [5, 5.41) is 0. The molecule has 0 atom stereocenters. The molecule has 6 heteroatoms. The van der Waals surface area contributed by atoms with E-state index in [2.05, 4.69) is 23.5 Å². The average molecular weight is 299 g/mol. The third-order valence-electron chi connectivity index (χ3n) is 3.32. The van der Waals surface area contributed by atoms with Crippen LogP contribution in [-0.2, 0) is 10.0 Å². The SMILES string of the molecule is Cc1ccc(S(=O)(=O)NCCCN(C)C(C)C)c(N)c1. The smallest absolute Gasteiger partial charge is 0.242 e. The molecule has 1 aromatic rings. The van der Waals surface area contributed by atoms with Gasteiger partial charge in [-0.3, -0.25) is 0 Å². The summed E-state index contributed by atoms with van der Waals surface area (Å²) < 4.78 is 26.9. The van der Waals surface area contributed by atoms with E-state index >= 15 is 0 Å². The van der Waals surface area contributed by atoms with Crippen LogP contribution in [0.4, 0.5) is 5.69 Å². The van der Waals surface area contributed by atoms with Gasteiger partial charge in [0.15, 0.2) is 0 Å². The summed E-state index contributed by atoms with van der Waals surface area (Å²) in [5.41, 5.74) is 7.01. The Balaban J connectivity index is 2.58. The molecule has 5 nitrogen and oxygen atoms in total. The van der Waals surface area contributed by atoms with E-state index in [0.717, 1.165) is 18.5 Å². The van der Waals surface area contributed by atoms with Crippen LogP contribution in [0.25, 0.3) is 0 Å². The lowest BCUT2D eigenvalue weighted by atomic mass is 10.2. The van der Waals surface area contributed by atoms with Crippen LogP contribution in [0, 0.1) is 6.92 Å². The maximum Gasteiger partial charge on any atom is 0.242 e. The van der Waals surface area contributed by atoms with Crippen molar-refractivity contribution in [2.45, 2.75) is 38.1 Å². The van der Waals surface area contributed by atoms with Gasteiger partial charge in [0, 0.05) is 12.6 Å². The number of anilines is 1. The van der Waals surface area contributed by atoms with Gasteiger partial charge in [-0.15, -0.1) is 0 Å². The molecule has 1 rings (SSSR count). The van der Waals surface area contributed by atoms with Crippen molar-refractivity contribution in [1.82, 2.24) is 9.62 Å². The lowest BCUT2D eigenvalue weighted by molar-refractivity contribution is 0.271. The standard InChI is InChI=1S/C14H25N3O2S/c1-11(2)17(4)9-5-8-16-20(18,19)14-7-6-12(3)10-13(14)15/h6-7,10-11,16H,5,8-9,15H2,1-4H3. The van der Waals surface area contributed by atoms with Crippen LogP contribution >= 0.6 is 0 Å². The molecular formula is C14H25N3O2S. The summed E-state index contributed by atoms with van der Waals surface area (Å²) in [6, 6.07) is 5.42. The van der Waals surface area contributed by atoms with Crippen LogP contribution in [0.3, 0.4) is 0 Å². The molecule has 0 aliphatic carbocycles. The maximum atomic E-state index is 12.1. The van der Waals surface area contributed by atoms with Gasteiger partial charge in [0.2, 0.25) is 10.0 Å². The van der Waals surface area contributed by atoms with E-state index in [-0.39, 0.29) is 10.6 Å². The zero-order chi connectivity index (χ0) is 15.3. The summed E-state index contributed by atoms with van der Waals surface area (Å²) in [7, 11) is -1.49. The molecule has 0 radical (unpaired) electrons. The first kappa shape index (κ1) is 16.9. The highest BCUT2D eigenvalue weighted by atomic mass is 32.2. The number of benzene rings is 1. The average Bonchev–Trinajstić information content (AvgIpc) is 2.33. The largest absolute Gasteiger partial charge is 0.398 e. The van der Waals surface area contributed by atoms with Crippen LogP contribution in [0.15, 0.2) is 23.1 Å². The van der Waals surface area contributed by atoms with Crippen LogP contribution in [0.1, 0.15) is 25.8 Å². The monoisotopic (exact) mass is 299 g/mol. The molecule has 0 spiro atoms. The number of aryl methyl sites for hydroxylation is 1. The molecule has 0 aliphatic rings. The van der Waals surface area contributed by atoms with Gasteiger partial charge in [0.05, 0.1) is 5.69 Å². The molecule has 0 aromatic heterocycles. The second kappa shape index (κ2) is 7.06. The minimum atomic E-state index is -3.52. The molecule has 0 heterocycles. The Morgan fingerprint density at radius 1 is 1.35 bits per heavy atom. The maximum absolute atomic E-state index is 12.1. The van der Waals surface area contributed by atoms with Crippen LogP contribution in [0.5, 0.6) is 0 Å². The fourth-order valence-corrected chi connectivity index (χ4v) is 2.97. The lowest BCUT2D eigenvalue weighted by Gasteiger charge is -2.20. The molecule has 0 bridgehead atoms. The predicted octanol–water partition coefficient (Wildman–Crippen LogP) is 1.59. The van der Waals surface area contributed by atoms with Crippen molar-refractivity contribution in [3.8, 4) is 0 Å². The van der Waals surface area contributed by atoms with E-state index < -0.39 is 10.0 Å². The molecule has 1 aromatic carbocycles. The van der Waals surface area contributed by atoms with E-state index in [4.69, 9.17) is 5.73 Å². The summed E-state index contributed by atoms with van der Waals surface area (Å²) in [6.45, 7) is 7.35. The minimum Gasteiger partial charge on any atom is -0.398 e. The zero-order valence-corrected chi connectivity index (χ0v) is 13.5. The topological polar surface area (TPSA) is 75.4 Å². The van der Waals surface area contributed by atoms with Gasteiger partial charge >= 0.3 is 0 Å². The Kier molecular flexibility index (Phi) is 5.98. The van der Waals surface area contributed by atoms with Gasteiger partial charge in [0.1, 0.15) is 4.90 Å². The van der Waals surface area contributed by atoms with Crippen molar-refractivity contribution in [1.29, 1.82) is 0 Å². The van der Waals surface area contributed by atoms with Gasteiger partial charge in [-0.05, 0) is 58.5 Å². The molecule has 0 unspecified atom stereocenters. The van der Waals surface area contributed by atoms with Gasteiger partial charge < -0.3 is 10.6 Å². The summed E-state index contributed by atoms with van der Waals surface area (Å²) in [4.78, 5) is 2.33. The van der Waals surface area contributed by atoms with Gasteiger partial charge in [-0.2, -0.15) is 0 Å². The highest BCUT2D eigenvalue weighted by molar-refractivity contribution is 7.89. The van der Waals surface area contributed by atoms with E-state index in [1.54, 1.807) is 18.2 Å². The summed E-state index contributed by atoms with van der Waals surface area (Å²) in [6.07, 6.45) is 0.764. The molecule has 20 heavy (non-hydrogen) atoms. The first-order chi connectivity index (χ1) is 9.24. The number of nitrogens with two attached hydrogens (primary N) is 1. The predicted molar refractivity (Wildman–Crippen MR) is 83.2 cm³/mol. The van der Waals surface area contributed by atoms with Gasteiger partial charge in [0.25, 0.3) is 0 Å². The number of nitrogen functional groups attached to an aromatic ring is 1. The third-order valence-corrected chi connectivity index (χ3v) is 4.85. The number of rotatable bonds is 7. The minimum absolute atomic E-state index is 0.153. The fraction of sp³-hybridized carbons (Fsp3) is 0.571. The van der Waals surface area contributed by atoms with Gasteiger partial charge in [-0.25, -0.2) is 13.1 Å². The second-order valence-corrected chi connectivity index (χ2v) is 7.10. The molecule has 0 saturated heterocycles. The van der Waals surface area contributed by atoms with Crippen molar-refractivity contribution in [2.75, 3.05) is 25.9 Å². The Labute approximate surface area is 122 Å². The first-order valence-corrected chi connectivity index (χ1v) is 8.28. The normalized spacial score (nSPS) is 12.3. The van der Waals surface area contributed by atoms with Crippen molar-refractivity contribution >= 4 is 15.7 Å². The van der Waals surface area contributed by atoms with E-state index in [0.29, 0.717) is 12.6 Å². The summed E-state index contributed by atoms with van der Waals surface area (Å²) >= 11 is 0.